The molecule has 1 aromatic rings. The zero-order valence-corrected chi connectivity index (χ0v) is 11.8. The van der Waals surface area contributed by atoms with E-state index in [9.17, 15) is 4.79 Å². The zero-order chi connectivity index (χ0) is 14.3. The highest BCUT2D eigenvalue weighted by Gasteiger charge is 2.09. The van der Waals surface area contributed by atoms with E-state index >= 15 is 0 Å². The first-order chi connectivity index (χ1) is 9.08. The van der Waals surface area contributed by atoms with Crippen molar-refractivity contribution < 1.29 is 19.4 Å². The number of nitrogens with one attached hydrogen (secondary N) is 1. The highest BCUT2D eigenvalue weighted by molar-refractivity contribution is 9.10. The van der Waals surface area contributed by atoms with Gasteiger partial charge in [0.25, 0.3) is 0 Å². The summed E-state index contributed by atoms with van der Waals surface area (Å²) in [6.45, 7) is 0.0754. The maximum absolute atomic E-state index is 10.5. The van der Waals surface area contributed by atoms with E-state index in [0.717, 1.165) is 0 Å². The molecule has 4 N–H and O–H groups in total. The first-order valence-corrected chi connectivity index (χ1v) is 6.07. The molecule has 0 spiro atoms. The number of methoxy groups -OCH3 is 1. The number of halogens is 1. The fourth-order valence-corrected chi connectivity index (χ4v) is 1.67. The first-order valence-electron chi connectivity index (χ1n) is 5.28. The Balaban J connectivity index is 2.95. The number of nitrogens with zero attached hydrogens (tertiary/aromatic N) is 1. The number of aliphatic hydroxyl groups excluding tert-OH is 1. The second kappa shape index (κ2) is 7.59. The molecule has 1 aromatic carbocycles. The lowest BCUT2D eigenvalue weighted by Crippen LogP contribution is -2.24. The van der Waals surface area contributed by atoms with Gasteiger partial charge in [0.05, 0.1) is 19.9 Å². The number of nitrogens with two attached hydrogens (primary N) is 1. The van der Waals surface area contributed by atoms with Gasteiger partial charge in [-0.3, -0.25) is 0 Å². The Bertz CT molecular complexity index is 479. The van der Waals surface area contributed by atoms with Gasteiger partial charge in [0, 0.05) is 10.0 Å². The Hall–Kier alpha value is -1.80. The smallest absolute Gasteiger partial charge is 0.332 e. The summed E-state index contributed by atoms with van der Waals surface area (Å²) >= 11 is 3.34. The van der Waals surface area contributed by atoms with Crippen molar-refractivity contribution in [2.24, 2.45) is 10.8 Å². The summed E-state index contributed by atoms with van der Waals surface area (Å²) in [6, 6.07) is 2.60. The molecule has 0 aliphatic heterocycles. The molecular formula is C11H14BrN3O4. The molecule has 7 nitrogen and oxygen atoms in total. The predicted octanol–water partition coefficient (Wildman–Crippen LogP) is 0.831. The van der Waals surface area contributed by atoms with Gasteiger partial charge in [-0.05, 0) is 28.1 Å². The minimum Gasteiger partial charge on any atom is -0.493 e. The topological polar surface area (TPSA) is 106 Å². The van der Waals surface area contributed by atoms with Crippen LogP contribution in [0.4, 0.5) is 4.79 Å². The van der Waals surface area contributed by atoms with E-state index in [1.165, 1.54) is 13.3 Å². The number of urea groups is 1. The molecule has 0 bridgehead atoms. The highest BCUT2D eigenvalue weighted by atomic mass is 79.9. The average molecular weight is 332 g/mol. The van der Waals surface area contributed by atoms with E-state index < -0.39 is 6.03 Å². The number of ether oxygens (including phenoxy) is 2. The van der Waals surface area contributed by atoms with E-state index in [1.807, 2.05) is 0 Å². The molecule has 0 fully saturated rings. The molecule has 8 heteroatoms. The average Bonchev–Trinajstić information content (AvgIpc) is 2.38. The van der Waals surface area contributed by atoms with Gasteiger partial charge in [-0.1, -0.05) is 0 Å². The molecule has 0 saturated carbocycles. The second-order valence-corrected chi connectivity index (χ2v) is 4.19. The maximum Gasteiger partial charge on any atom is 0.332 e. The van der Waals surface area contributed by atoms with Gasteiger partial charge in [-0.15, -0.1) is 0 Å². The van der Waals surface area contributed by atoms with Crippen molar-refractivity contribution in [2.75, 3.05) is 20.3 Å². The summed E-state index contributed by atoms with van der Waals surface area (Å²) in [5.41, 5.74) is 7.64. The van der Waals surface area contributed by atoms with Gasteiger partial charge in [0.15, 0.2) is 11.5 Å². The van der Waals surface area contributed by atoms with Crippen molar-refractivity contribution in [2.45, 2.75) is 0 Å². The van der Waals surface area contributed by atoms with Crippen LogP contribution in [-0.2, 0) is 0 Å². The number of hydrogen-bond acceptors (Lipinski definition) is 5. The fraction of sp³-hybridized carbons (Fsp3) is 0.273. The molecule has 0 aliphatic carbocycles. The van der Waals surface area contributed by atoms with Gasteiger partial charge in [-0.2, -0.15) is 5.10 Å². The molecule has 1 rings (SSSR count). The van der Waals surface area contributed by atoms with Crippen LogP contribution in [0.15, 0.2) is 21.7 Å². The minimum absolute atomic E-state index is 0.0908. The van der Waals surface area contributed by atoms with Gasteiger partial charge >= 0.3 is 6.03 Å². The molecular weight excluding hydrogens is 318 g/mol. The molecule has 0 saturated heterocycles. The monoisotopic (exact) mass is 331 g/mol. The summed E-state index contributed by atoms with van der Waals surface area (Å²) in [6.07, 6.45) is 1.41. The van der Waals surface area contributed by atoms with Crippen LogP contribution in [0.1, 0.15) is 5.56 Å². The Morgan fingerprint density at radius 1 is 1.58 bits per heavy atom. The van der Waals surface area contributed by atoms with Crippen LogP contribution in [0, 0.1) is 0 Å². The predicted molar refractivity (Wildman–Crippen MR) is 73.6 cm³/mol. The van der Waals surface area contributed by atoms with E-state index in [0.29, 0.717) is 21.5 Å². The van der Waals surface area contributed by atoms with Crippen LogP contribution in [0.3, 0.4) is 0 Å². The summed E-state index contributed by atoms with van der Waals surface area (Å²) in [5.74, 6) is 0.973. The summed E-state index contributed by atoms with van der Waals surface area (Å²) in [5, 5.41) is 12.4. The standard InChI is InChI=1S/C11H14BrN3O4/c1-18-9-4-7(6-14-15-11(13)17)8(12)5-10(9)19-3-2-16/h4-6,16H,2-3H2,1H3,(H3,13,15,17)/b14-6+. The van der Waals surface area contributed by atoms with E-state index in [2.05, 4.69) is 26.5 Å². The first kappa shape index (κ1) is 15.3. The molecule has 2 amide bonds. The Morgan fingerprint density at radius 2 is 2.32 bits per heavy atom. The number of amides is 2. The fourth-order valence-electron chi connectivity index (χ4n) is 1.24. The van der Waals surface area contributed by atoms with Gasteiger partial charge < -0.3 is 20.3 Å². The number of hydrogen-bond donors (Lipinski definition) is 3. The number of carbonyl (C=O) groups excluding carboxylic acids is 1. The third kappa shape index (κ3) is 4.76. The van der Waals surface area contributed by atoms with Crippen molar-refractivity contribution in [1.82, 2.24) is 5.43 Å². The van der Waals surface area contributed by atoms with Crippen LogP contribution in [-0.4, -0.2) is 37.7 Å². The van der Waals surface area contributed by atoms with E-state index in [-0.39, 0.29) is 13.2 Å². The lowest BCUT2D eigenvalue weighted by atomic mass is 10.2. The summed E-state index contributed by atoms with van der Waals surface area (Å²) in [4.78, 5) is 10.5. The number of carbonyl (C=O) groups is 1. The second-order valence-electron chi connectivity index (χ2n) is 3.33. The number of primary amides is 1. The van der Waals surface area contributed by atoms with Crippen molar-refractivity contribution >= 4 is 28.2 Å². The summed E-state index contributed by atoms with van der Waals surface area (Å²) < 4.78 is 11.2. The van der Waals surface area contributed by atoms with Gasteiger partial charge in [-0.25, -0.2) is 10.2 Å². The van der Waals surface area contributed by atoms with Crippen molar-refractivity contribution in [3.8, 4) is 11.5 Å². The largest absolute Gasteiger partial charge is 0.493 e. The maximum atomic E-state index is 10.5. The van der Waals surface area contributed by atoms with Crippen LogP contribution < -0.4 is 20.6 Å². The Kier molecular flexibility index (Phi) is 6.10. The molecule has 0 heterocycles. The Morgan fingerprint density at radius 3 is 2.89 bits per heavy atom. The molecule has 104 valence electrons. The molecule has 0 radical (unpaired) electrons. The van der Waals surface area contributed by atoms with Crippen molar-refractivity contribution in [1.29, 1.82) is 0 Å². The minimum atomic E-state index is -0.748. The van der Waals surface area contributed by atoms with Crippen LogP contribution in [0.25, 0.3) is 0 Å². The van der Waals surface area contributed by atoms with Gasteiger partial charge in [0.1, 0.15) is 6.61 Å². The molecule has 0 atom stereocenters. The van der Waals surface area contributed by atoms with E-state index in [4.69, 9.17) is 20.3 Å². The molecule has 0 aromatic heterocycles. The quantitative estimate of drug-likeness (QED) is 0.530. The lowest BCUT2D eigenvalue weighted by Gasteiger charge is -2.11. The van der Waals surface area contributed by atoms with E-state index in [1.54, 1.807) is 12.1 Å². The highest BCUT2D eigenvalue weighted by Crippen LogP contribution is 2.32. The lowest BCUT2D eigenvalue weighted by molar-refractivity contribution is 0.196. The Labute approximate surface area is 118 Å². The van der Waals surface area contributed by atoms with Gasteiger partial charge in [0.2, 0.25) is 0 Å². The van der Waals surface area contributed by atoms with Crippen LogP contribution >= 0.6 is 15.9 Å². The summed E-state index contributed by atoms with van der Waals surface area (Å²) in [7, 11) is 1.50. The number of aliphatic hydroxyl groups is 1. The SMILES string of the molecule is COc1cc(/C=N/NC(N)=O)c(Br)cc1OCCO. The number of rotatable bonds is 6. The normalized spacial score (nSPS) is 10.5. The number of hydrazone groups is 1. The molecule has 0 aliphatic rings. The zero-order valence-electron chi connectivity index (χ0n) is 10.2. The third-order valence-corrected chi connectivity index (χ3v) is 2.70. The molecule has 0 unspecified atom stereocenters. The molecule has 19 heavy (non-hydrogen) atoms. The van der Waals surface area contributed by atoms with Crippen LogP contribution in [0.2, 0.25) is 0 Å². The van der Waals surface area contributed by atoms with Crippen LogP contribution in [0.5, 0.6) is 11.5 Å². The number of benzene rings is 1. The van der Waals surface area contributed by atoms with Crippen molar-refractivity contribution in [3.63, 3.8) is 0 Å². The van der Waals surface area contributed by atoms with Crippen molar-refractivity contribution in [3.05, 3.63) is 22.2 Å². The third-order valence-electron chi connectivity index (χ3n) is 2.01.